The van der Waals surface area contributed by atoms with E-state index in [-0.39, 0.29) is 12.5 Å². The fourth-order valence-corrected chi connectivity index (χ4v) is 3.35. The van der Waals surface area contributed by atoms with E-state index in [1.165, 1.54) is 11.1 Å². The van der Waals surface area contributed by atoms with E-state index in [0.717, 1.165) is 35.1 Å². The summed E-state index contributed by atoms with van der Waals surface area (Å²) in [6, 6.07) is 8.54. The lowest BCUT2D eigenvalue weighted by atomic mass is 9.95. The van der Waals surface area contributed by atoms with Crippen LogP contribution < -0.4 is 0 Å². The molecule has 0 aliphatic rings. The molecule has 2 aromatic rings. The Bertz CT molecular complexity index is 590. The molecule has 1 aromatic carbocycles. The average Bonchev–Trinajstić information content (AvgIpc) is 2.75. The second kappa shape index (κ2) is 7.23. The third-order valence-electron chi connectivity index (χ3n) is 3.89. The monoisotopic (exact) mass is 350 g/mol. The van der Waals surface area contributed by atoms with Crippen molar-refractivity contribution in [1.29, 1.82) is 0 Å². The van der Waals surface area contributed by atoms with Gasteiger partial charge in [-0.25, -0.2) is 0 Å². The van der Waals surface area contributed by atoms with Crippen LogP contribution in [0.1, 0.15) is 29.4 Å². The number of aliphatic hydroxyl groups is 1. The zero-order chi connectivity index (χ0) is 15.4. The van der Waals surface area contributed by atoms with Crippen LogP contribution in [-0.2, 0) is 26.3 Å². The van der Waals surface area contributed by atoms with Gasteiger partial charge in [0.15, 0.2) is 0 Å². The Morgan fingerprint density at radius 1 is 1.24 bits per heavy atom. The summed E-state index contributed by atoms with van der Waals surface area (Å²) in [7, 11) is 1.97. The second-order valence-corrected chi connectivity index (χ2v) is 6.42. The van der Waals surface area contributed by atoms with Crippen molar-refractivity contribution in [2.24, 2.45) is 13.0 Å². The maximum absolute atomic E-state index is 9.70. The van der Waals surface area contributed by atoms with E-state index in [2.05, 4.69) is 59.1 Å². The van der Waals surface area contributed by atoms with Crippen molar-refractivity contribution >= 4 is 15.9 Å². The highest BCUT2D eigenvalue weighted by Crippen LogP contribution is 2.25. The minimum atomic E-state index is 0.187. The molecule has 114 valence electrons. The molecule has 0 aliphatic carbocycles. The summed E-state index contributed by atoms with van der Waals surface area (Å²) in [4.78, 5) is 0. The molecule has 0 spiro atoms. The molecule has 0 radical (unpaired) electrons. The molecular formula is C17H23BrN2O. The molecule has 1 N–H and O–H groups in total. The highest BCUT2D eigenvalue weighted by molar-refractivity contribution is 9.10. The summed E-state index contributed by atoms with van der Waals surface area (Å²) >= 11 is 3.65. The van der Waals surface area contributed by atoms with Gasteiger partial charge in [0, 0.05) is 13.7 Å². The summed E-state index contributed by atoms with van der Waals surface area (Å²) in [5.74, 6) is 0.212. The maximum atomic E-state index is 9.70. The fraction of sp³-hybridized carbons (Fsp3) is 0.471. The summed E-state index contributed by atoms with van der Waals surface area (Å²) in [5.41, 5.74) is 4.78. The first-order valence-electron chi connectivity index (χ1n) is 7.41. The van der Waals surface area contributed by atoms with E-state index in [4.69, 9.17) is 0 Å². The SMILES string of the molecule is CCc1nn(C)c(CC(CO)Cc2ccc(C)cc2)c1Br. The van der Waals surface area contributed by atoms with Gasteiger partial charge in [0.1, 0.15) is 0 Å². The Hall–Kier alpha value is -1.13. The van der Waals surface area contributed by atoms with Crippen LogP contribution in [0.4, 0.5) is 0 Å². The number of aryl methyl sites for hydroxylation is 3. The van der Waals surface area contributed by atoms with Crippen molar-refractivity contribution in [1.82, 2.24) is 9.78 Å². The molecule has 1 unspecified atom stereocenters. The van der Waals surface area contributed by atoms with Gasteiger partial charge in [0.2, 0.25) is 0 Å². The van der Waals surface area contributed by atoms with Gasteiger partial charge in [-0.05, 0) is 53.6 Å². The molecule has 0 bridgehead atoms. The van der Waals surface area contributed by atoms with Gasteiger partial charge in [0.05, 0.1) is 15.9 Å². The summed E-state index contributed by atoms with van der Waals surface area (Å²) in [6.45, 7) is 4.38. The minimum Gasteiger partial charge on any atom is -0.396 e. The van der Waals surface area contributed by atoms with Gasteiger partial charge in [-0.2, -0.15) is 5.10 Å². The van der Waals surface area contributed by atoms with Crippen molar-refractivity contribution in [2.75, 3.05) is 6.61 Å². The van der Waals surface area contributed by atoms with Crippen molar-refractivity contribution in [3.8, 4) is 0 Å². The summed E-state index contributed by atoms with van der Waals surface area (Å²) < 4.78 is 3.02. The molecule has 3 nitrogen and oxygen atoms in total. The van der Waals surface area contributed by atoms with Crippen molar-refractivity contribution in [2.45, 2.75) is 33.1 Å². The van der Waals surface area contributed by atoms with Gasteiger partial charge in [-0.3, -0.25) is 4.68 Å². The number of hydrogen-bond acceptors (Lipinski definition) is 2. The Kier molecular flexibility index (Phi) is 5.59. The lowest BCUT2D eigenvalue weighted by Gasteiger charge is -2.15. The number of hydrogen-bond donors (Lipinski definition) is 1. The topological polar surface area (TPSA) is 38.0 Å². The third kappa shape index (κ3) is 3.95. The lowest BCUT2D eigenvalue weighted by Crippen LogP contribution is -2.15. The first-order valence-corrected chi connectivity index (χ1v) is 8.21. The Morgan fingerprint density at radius 2 is 1.90 bits per heavy atom. The molecule has 1 atom stereocenters. The van der Waals surface area contributed by atoms with Gasteiger partial charge >= 0.3 is 0 Å². The fourth-order valence-electron chi connectivity index (χ4n) is 2.57. The second-order valence-electron chi connectivity index (χ2n) is 5.63. The largest absolute Gasteiger partial charge is 0.396 e. The van der Waals surface area contributed by atoms with Crippen molar-refractivity contribution < 1.29 is 5.11 Å². The van der Waals surface area contributed by atoms with Crippen LogP contribution in [0.5, 0.6) is 0 Å². The molecule has 0 saturated heterocycles. The maximum Gasteiger partial charge on any atom is 0.0766 e. The van der Waals surface area contributed by atoms with Crippen LogP contribution in [0, 0.1) is 12.8 Å². The van der Waals surface area contributed by atoms with Gasteiger partial charge < -0.3 is 5.11 Å². The van der Waals surface area contributed by atoms with E-state index in [1.54, 1.807) is 0 Å². The van der Waals surface area contributed by atoms with Gasteiger partial charge in [-0.15, -0.1) is 0 Å². The smallest absolute Gasteiger partial charge is 0.0766 e. The Balaban J connectivity index is 2.12. The van der Waals surface area contributed by atoms with E-state index < -0.39 is 0 Å². The molecule has 21 heavy (non-hydrogen) atoms. The van der Waals surface area contributed by atoms with Crippen LogP contribution in [0.2, 0.25) is 0 Å². The van der Waals surface area contributed by atoms with Crippen molar-refractivity contribution in [3.63, 3.8) is 0 Å². The number of nitrogens with zero attached hydrogens (tertiary/aromatic N) is 2. The molecule has 0 fully saturated rings. The zero-order valence-corrected chi connectivity index (χ0v) is 14.5. The first-order chi connectivity index (χ1) is 10.0. The molecule has 0 saturated carbocycles. The molecular weight excluding hydrogens is 328 g/mol. The number of rotatable bonds is 6. The molecule has 4 heteroatoms. The van der Waals surface area contributed by atoms with E-state index >= 15 is 0 Å². The van der Waals surface area contributed by atoms with Crippen LogP contribution in [-0.4, -0.2) is 21.5 Å². The zero-order valence-electron chi connectivity index (χ0n) is 12.9. The van der Waals surface area contributed by atoms with E-state index in [9.17, 15) is 5.11 Å². The minimum absolute atomic E-state index is 0.187. The van der Waals surface area contributed by atoms with Crippen LogP contribution in [0.15, 0.2) is 28.7 Å². The van der Waals surface area contributed by atoms with E-state index in [1.807, 2.05) is 11.7 Å². The number of benzene rings is 1. The van der Waals surface area contributed by atoms with Gasteiger partial charge in [0.25, 0.3) is 0 Å². The average molecular weight is 351 g/mol. The highest BCUT2D eigenvalue weighted by atomic mass is 79.9. The predicted molar refractivity (Wildman–Crippen MR) is 89.4 cm³/mol. The van der Waals surface area contributed by atoms with Crippen LogP contribution in [0.25, 0.3) is 0 Å². The highest BCUT2D eigenvalue weighted by Gasteiger charge is 2.17. The first kappa shape index (κ1) is 16.2. The van der Waals surface area contributed by atoms with Crippen LogP contribution >= 0.6 is 15.9 Å². The summed E-state index contributed by atoms with van der Waals surface area (Å²) in [5, 5.41) is 14.2. The number of aromatic nitrogens is 2. The number of halogens is 1. The standard InChI is InChI=1S/C17H23BrN2O/c1-4-15-17(18)16(20(3)19-15)10-14(11-21)9-13-7-5-12(2)6-8-13/h5-8,14,21H,4,9-11H2,1-3H3. The van der Waals surface area contributed by atoms with Crippen LogP contribution in [0.3, 0.4) is 0 Å². The Labute approximate surface area is 135 Å². The van der Waals surface area contributed by atoms with Gasteiger partial charge in [-0.1, -0.05) is 36.8 Å². The summed E-state index contributed by atoms with van der Waals surface area (Å²) in [6.07, 6.45) is 2.63. The molecule has 1 heterocycles. The molecule has 2 rings (SSSR count). The lowest BCUT2D eigenvalue weighted by molar-refractivity contribution is 0.223. The predicted octanol–water partition coefficient (Wildman–Crippen LogP) is 3.45. The normalized spacial score (nSPS) is 12.6. The Morgan fingerprint density at radius 3 is 2.43 bits per heavy atom. The molecule has 1 aromatic heterocycles. The molecule has 0 aliphatic heterocycles. The third-order valence-corrected chi connectivity index (χ3v) is 4.80. The van der Waals surface area contributed by atoms with E-state index in [0.29, 0.717) is 0 Å². The van der Waals surface area contributed by atoms with Crippen molar-refractivity contribution in [3.05, 3.63) is 51.3 Å². The molecule has 0 amide bonds. The number of aliphatic hydroxyl groups excluding tert-OH is 1. The quantitative estimate of drug-likeness (QED) is 0.866.